The molecule has 0 aromatic heterocycles. The van der Waals surface area contributed by atoms with Gasteiger partial charge in [0, 0.05) is 19.2 Å². The van der Waals surface area contributed by atoms with Gasteiger partial charge < -0.3 is 5.32 Å². The Kier molecular flexibility index (Phi) is 5.41. The molecule has 0 fully saturated rings. The first-order chi connectivity index (χ1) is 9.28. The molecule has 0 aliphatic rings. The molecule has 0 unspecified atom stereocenters. The van der Waals surface area contributed by atoms with E-state index in [9.17, 15) is 18.0 Å². The monoisotopic (exact) mass is 298 g/mol. The number of benzene rings is 1. The maximum atomic E-state index is 12.2. The third kappa shape index (κ3) is 3.88. The quantitative estimate of drug-likeness (QED) is 0.781. The number of likely N-dealkylation sites (N-methyl/N-ethyl adjacent to an activating group) is 2. The Bertz CT molecular complexity index is 593. The van der Waals surface area contributed by atoms with Gasteiger partial charge in [-0.1, -0.05) is 12.1 Å². The highest BCUT2D eigenvalue weighted by atomic mass is 32.2. The molecule has 1 N–H and O–H groups in total. The number of nitrogens with one attached hydrogen (secondary N) is 1. The molecule has 1 amide bonds. The number of rotatable bonds is 6. The highest BCUT2D eigenvalue weighted by Gasteiger charge is 2.22. The van der Waals surface area contributed by atoms with Gasteiger partial charge in [-0.25, -0.2) is 8.42 Å². The second-order valence-corrected chi connectivity index (χ2v) is 6.34. The van der Waals surface area contributed by atoms with Gasteiger partial charge in [-0.05, 0) is 26.0 Å². The van der Waals surface area contributed by atoms with Gasteiger partial charge in [0.15, 0.2) is 5.78 Å². The van der Waals surface area contributed by atoms with Crippen LogP contribution in [0.5, 0.6) is 0 Å². The lowest BCUT2D eigenvalue weighted by Gasteiger charge is -2.16. The number of hydrogen-bond acceptors (Lipinski definition) is 4. The summed E-state index contributed by atoms with van der Waals surface area (Å²) >= 11 is 0. The summed E-state index contributed by atoms with van der Waals surface area (Å²) < 4.78 is 25.4. The summed E-state index contributed by atoms with van der Waals surface area (Å²) in [6.45, 7) is 3.36. The minimum atomic E-state index is -3.73. The summed E-state index contributed by atoms with van der Waals surface area (Å²) in [5.74, 6) is -0.497. The van der Waals surface area contributed by atoms with Crippen LogP contribution in [0.15, 0.2) is 29.2 Å². The van der Waals surface area contributed by atoms with Crippen molar-refractivity contribution in [2.75, 3.05) is 20.1 Å². The zero-order valence-electron chi connectivity index (χ0n) is 11.7. The molecule has 0 bridgehead atoms. The molecule has 0 aliphatic heterocycles. The number of Topliss-reactive ketones (excluding diaryl/α,β-unsaturated/α-hetero) is 1. The van der Waals surface area contributed by atoms with E-state index in [0.717, 1.165) is 4.31 Å². The molecule has 7 heteroatoms. The van der Waals surface area contributed by atoms with Crippen molar-refractivity contribution >= 4 is 21.7 Å². The average Bonchev–Trinajstić information content (AvgIpc) is 2.38. The van der Waals surface area contributed by atoms with Crippen molar-refractivity contribution in [3.63, 3.8) is 0 Å². The summed E-state index contributed by atoms with van der Waals surface area (Å²) in [6, 6.07) is 5.63. The smallest absolute Gasteiger partial charge is 0.243 e. The van der Waals surface area contributed by atoms with E-state index >= 15 is 0 Å². The fourth-order valence-corrected chi connectivity index (χ4v) is 2.71. The highest BCUT2D eigenvalue weighted by Crippen LogP contribution is 2.15. The maximum Gasteiger partial charge on any atom is 0.243 e. The Balaban J connectivity index is 2.92. The molecule has 0 aliphatic carbocycles. The first-order valence-electron chi connectivity index (χ1n) is 6.13. The average molecular weight is 298 g/mol. The van der Waals surface area contributed by atoms with Gasteiger partial charge in [0.2, 0.25) is 15.9 Å². The molecule has 1 aromatic rings. The Morgan fingerprint density at radius 2 is 1.75 bits per heavy atom. The second-order valence-electron chi connectivity index (χ2n) is 4.30. The number of ketones is 1. The normalized spacial score (nSPS) is 11.4. The van der Waals surface area contributed by atoms with Crippen molar-refractivity contribution in [2.24, 2.45) is 0 Å². The fraction of sp³-hybridized carbons (Fsp3) is 0.385. The molecule has 110 valence electrons. The number of amides is 1. The summed E-state index contributed by atoms with van der Waals surface area (Å²) in [7, 11) is -2.40. The van der Waals surface area contributed by atoms with Crippen molar-refractivity contribution < 1.29 is 18.0 Å². The molecular weight excluding hydrogens is 280 g/mol. The maximum absolute atomic E-state index is 12.2. The van der Waals surface area contributed by atoms with Crippen LogP contribution in [0.4, 0.5) is 0 Å². The van der Waals surface area contributed by atoms with E-state index in [4.69, 9.17) is 0 Å². The predicted octanol–water partition coefficient (Wildman–Crippen LogP) is 0.646. The molecule has 1 aromatic carbocycles. The minimum Gasteiger partial charge on any atom is -0.355 e. The van der Waals surface area contributed by atoms with E-state index in [0.29, 0.717) is 12.1 Å². The zero-order chi connectivity index (χ0) is 15.3. The van der Waals surface area contributed by atoms with Gasteiger partial charge in [0.25, 0.3) is 0 Å². The highest BCUT2D eigenvalue weighted by molar-refractivity contribution is 7.89. The molecule has 0 atom stereocenters. The van der Waals surface area contributed by atoms with Crippen LogP contribution in [-0.4, -0.2) is 44.6 Å². The van der Waals surface area contributed by atoms with Crippen LogP contribution in [0.1, 0.15) is 24.2 Å². The molecule has 1 rings (SSSR count). The fourth-order valence-electron chi connectivity index (χ4n) is 1.58. The Morgan fingerprint density at radius 1 is 1.20 bits per heavy atom. The molecule has 6 nitrogen and oxygen atoms in total. The van der Waals surface area contributed by atoms with E-state index in [1.165, 1.54) is 38.2 Å². The SMILES string of the molecule is CCNC(=O)CN(C)S(=O)(=O)c1ccc(C(C)=O)cc1. The van der Waals surface area contributed by atoms with Crippen LogP contribution < -0.4 is 5.32 Å². The summed E-state index contributed by atoms with van der Waals surface area (Å²) in [6.07, 6.45) is 0. The molecule has 0 spiro atoms. The molecule has 0 radical (unpaired) electrons. The largest absolute Gasteiger partial charge is 0.355 e. The van der Waals surface area contributed by atoms with Crippen molar-refractivity contribution in [1.82, 2.24) is 9.62 Å². The van der Waals surface area contributed by atoms with E-state index in [1.807, 2.05) is 0 Å². The molecule has 0 saturated heterocycles. The first kappa shape index (κ1) is 16.3. The van der Waals surface area contributed by atoms with Gasteiger partial charge in [0.1, 0.15) is 0 Å². The second kappa shape index (κ2) is 6.62. The first-order valence-corrected chi connectivity index (χ1v) is 7.57. The van der Waals surface area contributed by atoms with Gasteiger partial charge >= 0.3 is 0 Å². The molecule has 0 saturated carbocycles. The lowest BCUT2D eigenvalue weighted by atomic mass is 10.2. The Labute approximate surface area is 118 Å². The predicted molar refractivity (Wildman–Crippen MR) is 74.9 cm³/mol. The van der Waals surface area contributed by atoms with E-state index < -0.39 is 10.0 Å². The van der Waals surface area contributed by atoms with Gasteiger partial charge in [-0.2, -0.15) is 4.31 Å². The Morgan fingerprint density at radius 3 is 2.20 bits per heavy atom. The van der Waals surface area contributed by atoms with Crippen molar-refractivity contribution in [3.8, 4) is 0 Å². The summed E-state index contributed by atoms with van der Waals surface area (Å²) in [5, 5.41) is 2.53. The van der Waals surface area contributed by atoms with Crippen molar-refractivity contribution in [2.45, 2.75) is 18.7 Å². The third-order valence-corrected chi connectivity index (χ3v) is 4.53. The number of carbonyl (C=O) groups excluding carboxylic acids is 2. The standard InChI is InChI=1S/C13H18N2O4S/c1-4-14-13(17)9-15(3)20(18,19)12-7-5-11(6-8-12)10(2)16/h5-8H,4,9H2,1-3H3,(H,14,17). The van der Waals surface area contributed by atoms with Crippen LogP contribution in [0.25, 0.3) is 0 Å². The molecule has 20 heavy (non-hydrogen) atoms. The van der Waals surface area contributed by atoms with Crippen LogP contribution in [0, 0.1) is 0 Å². The molecular formula is C13H18N2O4S. The van der Waals surface area contributed by atoms with E-state index in [2.05, 4.69) is 5.32 Å². The summed E-state index contributed by atoms with van der Waals surface area (Å²) in [5.41, 5.74) is 0.440. The topological polar surface area (TPSA) is 83.6 Å². The molecule has 0 heterocycles. The minimum absolute atomic E-state index is 0.0503. The summed E-state index contributed by atoms with van der Waals surface area (Å²) in [4.78, 5) is 22.6. The van der Waals surface area contributed by atoms with Crippen molar-refractivity contribution in [3.05, 3.63) is 29.8 Å². The number of carbonyl (C=O) groups is 2. The van der Waals surface area contributed by atoms with Gasteiger partial charge in [0.05, 0.1) is 11.4 Å². The van der Waals surface area contributed by atoms with Crippen LogP contribution in [-0.2, 0) is 14.8 Å². The zero-order valence-corrected chi connectivity index (χ0v) is 12.5. The van der Waals surface area contributed by atoms with Crippen LogP contribution in [0.2, 0.25) is 0 Å². The number of nitrogens with zero attached hydrogens (tertiary/aromatic N) is 1. The number of hydrogen-bond donors (Lipinski definition) is 1. The van der Waals surface area contributed by atoms with Crippen molar-refractivity contribution in [1.29, 1.82) is 0 Å². The van der Waals surface area contributed by atoms with E-state index in [1.54, 1.807) is 6.92 Å². The third-order valence-electron chi connectivity index (χ3n) is 2.71. The van der Waals surface area contributed by atoms with Gasteiger partial charge in [-0.3, -0.25) is 9.59 Å². The lowest BCUT2D eigenvalue weighted by molar-refractivity contribution is -0.121. The number of sulfonamides is 1. The van der Waals surface area contributed by atoms with E-state index in [-0.39, 0.29) is 23.1 Å². The van der Waals surface area contributed by atoms with Gasteiger partial charge in [-0.15, -0.1) is 0 Å². The Hall–Kier alpha value is -1.73. The lowest BCUT2D eigenvalue weighted by Crippen LogP contribution is -2.38. The van der Waals surface area contributed by atoms with Crippen LogP contribution >= 0.6 is 0 Å². The van der Waals surface area contributed by atoms with Crippen LogP contribution in [0.3, 0.4) is 0 Å².